The number of carbonyl (C=O) groups excluding carboxylic acids is 2. The normalized spacial score (nSPS) is 15.0. The molecule has 0 aliphatic carbocycles. The minimum Gasteiger partial charge on any atom is -0.492 e. The predicted molar refractivity (Wildman–Crippen MR) is 99.6 cm³/mol. The Hall–Kier alpha value is -3.40. The van der Waals surface area contributed by atoms with Gasteiger partial charge >= 0.3 is 0 Å². The Morgan fingerprint density at radius 2 is 1.58 bits per heavy atom. The van der Waals surface area contributed by atoms with Crippen molar-refractivity contribution in [1.29, 1.82) is 0 Å². The Morgan fingerprint density at radius 3 is 2.42 bits per heavy atom. The van der Waals surface area contributed by atoms with Crippen LogP contribution in [0.25, 0.3) is 0 Å². The lowest BCUT2D eigenvalue weighted by Gasteiger charge is -2.11. The SMILES string of the molecule is O=C(c1ccccc1)c1cccc(NC(=O)C2COc3ccccc32)c1. The summed E-state index contributed by atoms with van der Waals surface area (Å²) in [5.41, 5.74) is 2.65. The molecule has 1 amide bonds. The molecule has 4 rings (SSSR count). The number of hydrogen-bond acceptors (Lipinski definition) is 3. The van der Waals surface area contributed by atoms with E-state index in [9.17, 15) is 9.59 Å². The summed E-state index contributed by atoms with van der Waals surface area (Å²) in [7, 11) is 0. The number of ether oxygens (including phenoxy) is 1. The van der Waals surface area contributed by atoms with Gasteiger partial charge in [-0.05, 0) is 18.2 Å². The highest BCUT2D eigenvalue weighted by Crippen LogP contribution is 2.34. The average molecular weight is 343 g/mol. The van der Waals surface area contributed by atoms with Crippen LogP contribution in [0.3, 0.4) is 0 Å². The van der Waals surface area contributed by atoms with Crippen molar-refractivity contribution >= 4 is 17.4 Å². The molecule has 1 heterocycles. The number of fused-ring (bicyclic) bond motifs is 1. The number of carbonyl (C=O) groups is 2. The van der Waals surface area contributed by atoms with E-state index in [0.29, 0.717) is 23.4 Å². The zero-order valence-electron chi connectivity index (χ0n) is 14.0. The maximum atomic E-state index is 12.7. The van der Waals surface area contributed by atoms with E-state index < -0.39 is 0 Å². The lowest BCUT2D eigenvalue weighted by Crippen LogP contribution is -2.22. The summed E-state index contributed by atoms with van der Waals surface area (Å²) in [5.74, 6) is 0.191. The summed E-state index contributed by atoms with van der Waals surface area (Å²) in [6, 6.07) is 23.6. The second-order valence-corrected chi connectivity index (χ2v) is 6.17. The molecule has 0 aromatic heterocycles. The molecule has 4 heteroatoms. The van der Waals surface area contributed by atoms with Crippen LogP contribution in [0.1, 0.15) is 27.4 Å². The number of amides is 1. The summed E-state index contributed by atoms with van der Waals surface area (Å²) >= 11 is 0. The lowest BCUT2D eigenvalue weighted by atomic mass is 10.00. The second-order valence-electron chi connectivity index (χ2n) is 6.17. The van der Waals surface area contributed by atoms with Crippen molar-refractivity contribution in [2.45, 2.75) is 5.92 Å². The van der Waals surface area contributed by atoms with E-state index >= 15 is 0 Å². The standard InChI is InChI=1S/C22H17NO3/c24-21(15-7-2-1-3-8-15)16-9-6-10-17(13-16)23-22(25)19-14-26-20-12-5-4-11-18(19)20/h1-13,19H,14H2,(H,23,25). The largest absolute Gasteiger partial charge is 0.492 e. The highest BCUT2D eigenvalue weighted by atomic mass is 16.5. The molecule has 1 atom stereocenters. The van der Waals surface area contributed by atoms with Crippen molar-refractivity contribution in [2.24, 2.45) is 0 Å². The first-order valence-electron chi connectivity index (χ1n) is 8.45. The highest BCUT2D eigenvalue weighted by molar-refractivity contribution is 6.09. The zero-order chi connectivity index (χ0) is 17.9. The van der Waals surface area contributed by atoms with Gasteiger partial charge in [0.15, 0.2) is 5.78 Å². The molecule has 1 aliphatic rings. The molecule has 1 aliphatic heterocycles. The van der Waals surface area contributed by atoms with E-state index in [2.05, 4.69) is 5.32 Å². The number of anilines is 1. The minimum absolute atomic E-state index is 0.0729. The molecule has 26 heavy (non-hydrogen) atoms. The Morgan fingerprint density at radius 1 is 0.846 bits per heavy atom. The van der Waals surface area contributed by atoms with Gasteiger partial charge in [0.2, 0.25) is 5.91 Å². The minimum atomic E-state index is -0.348. The molecule has 0 bridgehead atoms. The van der Waals surface area contributed by atoms with E-state index in [0.717, 1.165) is 11.3 Å². The Kier molecular flexibility index (Phi) is 4.23. The molecule has 0 radical (unpaired) electrons. The van der Waals surface area contributed by atoms with Crippen LogP contribution < -0.4 is 10.1 Å². The number of rotatable bonds is 4. The van der Waals surface area contributed by atoms with Crippen molar-refractivity contribution < 1.29 is 14.3 Å². The van der Waals surface area contributed by atoms with Crippen molar-refractivity contribution in [3.8, 4) is 5.75 Å². The van der Waals surface area contributed by atoms with Crippen LogP contribution in [0.5, 0.6) is 5.75 Å². The van der Waals surface area contributed by atoms with Crippen molar-refractivity contribution in [3.63, 3.8) is 0 Å². The van der Waals surface area contributed by atoms with Crippen LogP contribution >= 0.6 is 0 Å². The summed E-state index contributed by atoms with van der Waals surface area (Å²) in [6.45, 7) is 0.327. The van der Waals surface area contributed by atoms with Crippen LogP contribution in [0, 0.1) is 0 Å². The quantitative estimate of drug-likeness (QED) is 0.728. The van der Waals surface area contributed by atoms with Gasteiger partial charge in [-0.2, -0.15) is 0 Å². The number of hydrogen-bond donors (Lipinski definition) is 1. The molecule has 0 spiro atoms. The fraction of sp³-hybridized carbons (Fsp3) is 0.0909. The van der Waals surface area contributed by atoms with Gasteiger partial charge < -0.3 is 10.1 Å². The maximum Gasteiger partial charge on any atom is 0.235 e. The van der Waals surface area contributed by atoms with Gasteiger partial charge in [0, 0.05) is 22.4 Å². The van der Waals surface area contributed by atoms with Crippen LogP contribution in [0.2, 0.25) is 0 Å². The van der Waals surface area contributed by atoms with Gasteiger partial charge in [-0.3, -0.25) is 9.59 Å². The van der Waals surface area contributed by atoms with Crippen molar-refractivity contribution in [2.75, 3.05) is 11.9 Å². The number of benzene rings is 3. The van der Waals surface area contributed by atoms with E-state index in [1.807, 2.05) is 42.5 Å². The molecule has 128 valence electrons. The summed E-state index contributed by atoms with van der Waals surface area (Å²) < 4.78 is 5.57. The van der Waals surface area contributed by atoms with Crippen LogP contribution in [-0.2, 0) is 4.79 Å². The van der Waals surface area contributed by atoms with Gasteiger partial charge in [-0.25, -0.2) is 0 Å². The number of nitrogens with one attached hydrogen (secondary N) is 1. The Labute approximate surface area is 151 Å². The zero-order valence-corrected chi connectivity index (χ0v) is 14.0. The van der Waals surface area contributed by atoms with Gasteiger partial charge in [0.25, 0.3) is 0 Å². The third-order valence-electron chi connectivity index (χ3n) is 4.44. The molecular weight excluding hydrogens is 326 g/mol. The van der Waals surface area contributed by atoms with Crippen LogP contribution in [-0.4, -0.2) is 18.3 Å². The second kappa shape index (κ2) is 6.84. The molecule has 1 N–H and O–H groups in total. The summed E-state index contributed by atoms with van der Waals surface area (Å²) in [4.78, 5) is 25.2. The van der Waals surface area contributed by atoms with Crippen LogP contribution in [0.4, 0.5) is 5.69 Å². The highest BCUT2D eigenvalue weighted by Gasteiger charge is 2.30. The molecule has 3 aromatic carbocycles. The first-order chi connectivity index (χ1) is 12.7. The van der Waals surface area contributed by atoms with E-state index in [1.165, 1.54) is 0 Å². The van der Waals surface area contributed by atoms with Crippen molar-refractivity contribution in [3.05, 3.63) is 95.6 Å². The van der Waals surface area contributed by atoms with Crippen LogP contribution in [0.15, 0.2) is 78.9 Å². The lowest BCUT2D eigenvalue weighted by molar-refractivity contribution is -0.117. The third kappa shape index (κ3) is 3.09. The van der Waals surface area contributed by atoms with Gasteiger partial charge in [0.05, 0.1) is 0 Å². The summed E-state index contributed by atoms with van der Waals surface area (Å²) in [5, 5.41) is 2.90. The third-order valence-corrected chi connectivity index (χ3v) is 4.44. The van der Waals surface area contributed by atoms with Gasteiger partial charge in [-0.1, -0.05) is 60.7 Å². The Bertz CT molecular complexity index is 966. The predicted octanol–water partition coefficient (Wildman–Crippen LogP) is 4.03. The summed E-state index contributed by atoms with van der Waals surface area (Å²) in [6.07, 6.45) is 0. The fourth-order valence-corrected chi connectivity index (χ4v) is 3.10. The molecule has 0 saturated heterocycles. The number of para-hydroxylation sites is 1. The average Bonchev–Trinajstić information content (AvgIpc) is 3.12. The topological polar surface area (TPSA) is 55.4 Å². The fourth-order valence-electron chi connectivity index (χ4n) is 3.10. The Balaban J connectivity index is 1.53. The monoisotopic (exact) mass is 343 g/mol. The molecule has 3 aromatic rings. The smallest absolute Gasteiger partial charge is 0.235 e. The van der Waals surface area contributed by atoms with Gasteiger partial charge in [0.1, 0.15) is 18.3 Å². The molecule has 0 saturated carbocycles. The van der Waals surface area contributed by atoms with E-state index in [4.69, 9.17) is 4.74 Å². The molecule has 0 fully saturated rings. The van der Waals surface area contributed by atoms with Gasteiger partial charge in [-0.15, -0.1) is 0 Å². The maximum absolute atomic E-state index is 12.7. The molecule has 4 nitrogen and oxygen atoms in total. The van der Waals surface area contributed by atoms with E-state index in [1.54, 1.807) is 36.4 Å². The van der Waals surface area contributed by atoms with E-state index in [-0.39, 0.29) is 17.6 Å². The number of ketones is 1. The molecular formula is C22H17NO3. The van der Waals surface area contributed by atoms with Crippen molar-refractivity contribution in [1.82, 2.24) is 0 Å². The first kappa shape index (κ1) is 16.1. The first-order valence-corrected chi connectivity index (χ1v) is 8.45. The molecule has 1 unspecified atom stereocenters.